The van der Waals surface area contributed by atoms with Crippen LogP contribution in [-0.4, -0.2) is 33.5 Å². The minimum absolute atomic E-state index is 0.133. The van der Waals surface area contributed by atoms with Gasteiger partial charge in [0, 0.05) is 23.4 Å². The number of rotatable bonds is 8. The van der Waals surface area contributed by atoms with Crippen molar-refractivity contribution in [3.63, 3.8) is 0 Å². The predicted octanol–water partition coefficient (Wildman–Crippen LogP) is 4.49. The molecule has 0 fully saturated rings. The van der Waals surface area contributed by atoms with Gasteiger partial charge in [-0.25, -0.2) is 4.39 Å². The Morgan fingerprint density at radius 2 is 1.72 bits per heavy atom. The van der Waals surface area contributed by atoms with Gasteiger partial charge in [0.2, 0.25) is 5.91 Å². The fourth-order valence-corrected chi connectivity index (χ4v) is 3.96. The number of para-hydroxylation sites is 2. The molecular weight excluding hydrogens is 427 g/mol. The highest BCUT2D eigenvalue weighted by molar-refractivity contribution is 7.99. The Balaban J connectivity index is 1.51. The number of thioether (sulfide) groups is 1. The Kier molecular flexibility index (Phi) is 6.81. The maximum absolute atomic E-state index is 13.4. The number of carbonyl (C=O) groups excluding carboxylic acids is 1. The number of methoxy groups -OCH3 is 1. The van der Waals surface area contributed by atoms with Crippen molar-refractivity contribution >= 4 is 17.7 Å². The number of carbonyl (C=O) groups is 1. The Morgan fingerprint density at radius 1 is 1.00 bits per heavy atom. The van der Waals surface area contributed by atoms with Crippen molar-refractivity contribution in [3.8, 4) is 22.8 Å². The van der Waals surface area contributed by atoms with Crippen LogP contribution in [0.2, 0.25) is 0 Å². The summed E-state index contributed by atoms with van der Waals surface area (Å²) in [5.74, 6) is 1.03. The van der Waals surface area contributed by atoms with Gasteiger partial charge in [-0.2, -0.15) is 0 Å². The van der Waals surface area contributed by atoms with Crippen LogP contribution in [0, 0.1) is 5.82 Å². The van der Waals surface area contributed by atoms with E-state index in [0.29, 0.717) is 17.5 Å². The van der Waals surface area contributed by atoms with Gasteiger partial charge in [0.15, 0.2) is 11.0 Å². The molecule has 1 N–H and O–H groups in total. The Hall–Kier alpha value is -3.65. The predicted molar refractivity (Wildman–Crippen MR) is 122 cm³/mol. The highest BCUT2D eigenvalue weighted by Gasteiger charge is 2.17. The van der Waals surface area contributed by atoms with Crippen molar-refractivity contribution in [2.75, 3.05) is 12.9 Å². The lowest BCUT2D eigenvalue weighted by molar-refractivity contribution is -0.118. The number of nitrogens with zero attached hydrogens (tertiary/aromatic N) is 3. The zero-order chi connectivity index (χ0) is 22.3. The quantitative estimate of drug-likeness (QED) is 0.402. The average molecular weight is 449 g/mol. The summed E-state index contributed by atoms with van der Waals surface area (Å²) in [5.41, 5.74) is 2.49. The van der Waals surface area contributed by atoms with E-state index in [4.69, 9.17) is 4.74 Å². The molecule has 1 aromatic heterocycles. The number of aromatic nitrogens is 3. The van der Waals surface area contributed by atoms with E-state index in [2.05, 4.69) is 15.5 Å². The Labute approximate surface area is 189 Å². The summed E-state index contributed by atoms with van der Waals surface area (Å²) in [7, 11) is 1.60. The van der Waals surface area contributed by atoms with Crippen molar-refractivity contribution in [2.24, 2.45) is 0 Å². The second-order valence-corrected chi connectivity index (χ2v) is 7.80. The van der Waals surface area contributed by atoms with Crippen LogP contribution in [0.1, 0.15) is 5.56 Å². The molecule has 32 heavy (non-hydrogen) atoms. The summed E-state index contributed by atoms with van der Waals surface area (Å²) in [5, 5.41) is 12.1. The lowest BCUT2D eigenvalue weighted by Gasteiger charge is -2.11. The molecule has 6 nitrogen and oxygen atoms in total. The van der Waals surface area contributed by atoms with Crippen molar-refractivity contribution in [1.82, 2.24) is 20.1 Å². The Morgan fingerprint density at radius 3 is 2.47 bits per heavy atom. The van der Waals surface area contributed by atoms with Crippen LogP contribution in [0.4, 0.5) is 4.39 Å². The maximum Gasteiger partial charge on any atom is 0.230 e. The number of hydrogen-bond acceptors (Lipinski definition) is 5. The first kappa shape index (κ1) is 21.6. The molecule has 0 unspecified atom stereocenters. The second kappa shape index (κ2) is 10.1. The molecule has 4 rings (SSSR count). The zero-order valence-electron chi connectivity index (χ0n) is 17.4. The highest BCUT2D eigenvalue weighted by Crippen LogP contribution is 2.28. The molecule has 0 bridgehead atoms. The van der Waals surface area contributed by atoms with Crippen LogP contribution >= 0.6 is 11.8 Å². The molecule has 8 heteroatoms. The molecule has 0 aliphatic heterocycles. The monoisotopic (exact) mass is 448 g/mol. The molecule has 0 saturated carbocycles. The van der Waals surface area contributed by atoms with Crippen molar-refractivity contribution in [1.29, 1.82) is 0 Å². The summed E-state index contributed by atoms with van der Waals surface area (Å²) < 4.78 is 20.6. The SMILES string of the molecule is COc1ccccc1CNC(=O)CSc1nnc(-c2ccc(F)cc2)n1-c1ccccc1. The van der Waals surface area contributed by atoms with Gasteiger partial charge in [-0.05, 0) is 42.5 Å². The molecule has 0 aliphatic carbocycles. The summed E-state index contributed by atoms with van der Waals surface area (Å²) in [6.45, 7) is 0.371. The molecule has 1 heterocycles. The number of ether oxygens (including phenoxy) is 1. The third kappa shape index (κ3) is 4.97. The summed E-state index contributed by atoms with van der Waals surface area (Å²) in [4.78, 5) is 12.5. The van der Waals surface area contributed by atoms with Crippen molar-refractivity contribution < 1.29 is 13.9 Å². The molecule has 0 spiro atoms. The fourth-order valence-electron chi connectivity index (χ4n) is 3.18. The molecule has 0 aliphatic rings. The lowest BCUT2D eigenvalue weighted by Crippen LogP contribution is -2.25. The first-order chi connectivity index (χ1) is 15.7. The summed E-state index contributed by atoms with van der Waals surface area (Å²) in [6, 6.07) is 23.3. The van der Waals surface area contributed by atoms with Crippen LogP contribution in [0.25, 0.3) is 17.1 Å². The molecule has 0 radical (unpaired) electrons. The van der Waals surface area contributed by atoms with E-state index in [1.54, 1.807) is 19.2 Å². The van der Waals surface area contributed by atoms with Crippen LogP contribution in [0.15, 0.2) is 84.0 Å². The summed E-state index contributed by atoms with van der Waals surface area (Å²) in [6.07, 6.45) is 0. The normalized spacial score (nSPS) is 10.7. The van der Waals surface area contributed by atoms with Gasteiger partial charge in [-0.3, -0.25) is 9.36 Å². The largest absolute Gasteiger partial charge is 0.496 e. The second-order valence-electron chi connectivity index (χ2n) is 6.86. The van der Waals surface area contributed by atoms with Gasteiger partial charge in [-0.1, -0.05) is 48.2 Å². The van der Waals surface area contributed by atoms with Gasteiger partial charge in [-0.15, -0.1) is 10.2 Å². The zero-order valence-corrected chi connectivity index (χ0v) is 18.2. The third-order valence-electron chi connectivity index (χ3n) is 4.75. The topological polar surface area (TPSA) is 69.0 Å². The lowest BCUT2D eigenvalue weighted by atomic mass is 10.2. The molecule has 3 aromatic carbocycles. The molecule has 4 aromatic rings. The molecule has 0 saturated heterocycles. The van der Waals surface area contributed by atoms with E-state index in [9.17, 15) is 9.18 Å². The van der Waals surface area contributed by atoms with Gasteiger partial charge >= 0.3 is 0 Å². The van der Waals surface area contributed by atoms with E-state index in [1.807, 2.05) is 59.2 Å². The maximum atomic E-state index is 13.4. The van der Waals surface area contributed by atoms with Crippen LogP contribution in [-0.2, 0) is 11.3 Å². The van der Waals surface area contributed by atoms with E-state index in [-0.39, 0.29) is 17.5 Å². The molecular formula is C24H21FN4O2S. The average Bonchev–Trinajstić information content (AvgIpc) is 3.26. The number of hydrogen-bond donors (Lipinski definition) is 1. The van der Waals surface area contributed by atoms with E-state index in [0.717, 1.165) is 22.6 Å². The van der Waals surface area contributed by atoms with Crippen molar-refractivity contribution in [2.45, 2.75) is 11.7 Å². The number of benzene rings is 3. The van der Waals surface area contributed by atoms with Crippen LogP contribution < -0.4 is 10.1 Å². The smallest absolute Gasteiger partial charge is 0.230 e. The van der Waals surface area contributed by atoms with Crippen LogP contribution in [0.5, 0.6) is 5.75 Å². The minimum atomic E-state index is -0.319. The highest BCUT2D eigenvalue weighted by atomic mass is 32.2. The summed E-state index contributed by atoms with van der Waals surface area (Å²) >= 11 is 1.29. The van der Waals surface area contributed by atoms with Gasteiger partial charge in [0.05, 0.1) is 12.9 Å². The van der Waals surface area contributed by atoms with E-state index < -0.39 is 0 Å². The Bertz CT molecular complexity index is 1200. The third-order valence-corrected chi connectivity index (χ3v) is 5.68. The number of nitrogens with one attached hydrogen (secondary N) is 1. The van der Waals surface area contributed by atoms with E-state index in [1.165, 1.54) is 23.9 Å². The molecule has 1 amide bonds. The van der Waals surface area contributed by atoms with E-state index >= 15 is 0 Å². The minimum Gasteiger partial charge on any atom is -0.496 e. The van der Waals surface area contributed by atoms with Gasteiger partial charge in [0.1, 0.15) is 11.6 Å². The number of halogens is 1. The van der Waals surface area contributed by atoms with Crippen molar-refractivity contribution in [3.05, 3.63) is 90.2 Å². The standard InChI is InChI=1S/C24H21FN4O2S/c1-31-21-10-6-5-7-18(21)15-26-22(30)16-32-24-28-27-23(17-11-13-19(25)14-12-17)29(24)20-8-3-2-4-9-20/h2-14H,15-16H2,1H3,(H,26,30). The first-order valence-electron chi connectivity index (χ1n) is 9.94. The van der Waals surface area contributed by atoms with Crippen LogP contribution in [0.3, 0.4) is 0 Å². The molecule has 162 valence electrons. The molecule has 0 atom stereocenters. The van der Waals surface area contributed by atoms with Gasteiger partial charge < -0.3 is 10.1 Å². The first-order valence-corrected chi connectivity index (χ1v) is 10.9. The fraction of sp³-hybridized carbons (Fsp3) is 0.125. The van der Waals surface area contributed by atoms with Gasteiger partial charge in [0.25, 0.3) is 0 Å². The number of amides is 1.